The number of anilines is 1. The lowest BCUT2D eigenvalue weighted by molar-refractivity contribution is -0.136. The number of hydrogen-bond donors (Lipinski definition) is 1. The van der Waals surface area contributed by atoms with E-state index in [0.717, 1.165) is 56.3 Å². The number of carbonyl (C=O) groups is 1. The number of benzene rings is 3. The van der Waals surface area contributed by atoms with Crippen LogP contribution in [0.2, 0.25) is 5.02 Å². The largest absolute Gasteiger partial charge is 0.481 e. The van der Waals surface area contributed by atoms with Crippen molar-refractivity contribution in [1.82, 2.24) is 4.98 Å². The maximum Gasteiger partial charge on any atom is 0.307 e. The Hall–Kier alpha value is -2.93. The van der Waals surface area contributed by atoms with Crippen LogP contribution >= 0.6 is 22.9 Å². The minimum atomic E-state index is -0.851. The molecule has 1 aliphatic rings. The van der Waals surface area contributed by atoms with Crippen molar-refractivity contribution in [3.63, 3.8) is 0 Å². The van der Waals surface area contributed by atoms with E-state index in [0.29, 0.717) is 11.6 Å². The van der Waals surface area contributed by atoms with Crippen molar-refractivity contribution in [2.24, 2.45) is 0 Å². The van der Waals surface area contributed by atoms with E-state index in [2.05, 4.69) is 17.0 Å². The third kappa shape index (κ3) is 4.47. The van der Waals surface area contributed by atoms with Crippen LogP contribution in [0.15, 0.2) is 60.7 Å². The molecule has 1 unspecified atom stereocenters. The van der Waals surface area contributed by atoms with Gasteiger partial charge < -0.3 is 14.7 Å². The van der Waals surface area contributed by atoms with Crippen molar-refractivity contribution in [2.75, 3.05) is 24.6 Å². The molecule has 5 rings (SSSR count). The summed E-state index contributed by atoms with van der Waals surface area (Å²) in [4.78, 5) is 18.9. The minimum absolute atomic E-state index is 0.00740. The summed E-state index contributed by atoms with van der Waals surface area (Å²) in [5.41, 5.74) is 5.66. The Kier molecular flexibility index (Phi) is 6.06. The zero-order valence-corrected chi connectivity index (χ0v) is 19.7. The van der Waals surface area contributed by atoms with Crippen molar-refractivity contribution in [3.05, 3.63) is 82.4 Å². The molecule has 7 heteroatoms. The zero-order chi connectivity index (χ0) is 22.9. The third-order valence-corrected chi connectivity index (χ3v) is 7.37. The van der Waals surface area contributed by atoms with Crippen molar-refractivity contribution >= 4 is 44.3 Å². The Bertz CT molecular complexity index is 1300. The Balaban J connectivity index is 1.59. The normalized spacial score (nSPS) is 16.3. The Morgan fingerprint density at radius 2 is 1.97 bits per heavy atom. The summed E-state index contributed by atoms with van der Waals surface area (Å²) in [7, 11) is 0. The van der Waals surface area contributed by atoms with Gasteiger partial charge in [0.25, 0.3) is 0 Å². The summed E-state index contributed by atoms with van der Waals surface area (Å²) in [6, 6.07) is 19.8. The third-order valence-electron chi connectivity index (χ3n) is 5.97. The highest BCUT2D eigenvalue weighted by molar-refractivity contribution is 7.22. The summed E-state index contributed by atoms with van der Waals surface area (Å²) >= 11 is 7.73. The van der Waals surface area contributed by atoms with Crippen molar-refractivity contribution < 1.29 is 14.6 Å². The van der Waals surface area contributed by atoms with Crippen molar-refractivity contribution in [2.45, 2.75) is 19.4 Å². The van der Waals surface area contributed by atoms with Gasteiger partial charge in [-0.1, -0.05) is 65.4 Å². The lowest BCUT2D eigenvalue weighted by Crippen LogP contribution is -2.38. The highest BCUT2D eigenvalue weighted by Crippen LogP contribution is 2.41. The maximum atomic E-state index is 11.7. The number of halogens is 1. The zero-order valence-electron chi connectivity index (χ0n) is 18.1. The molecule has 2 heterocycles. The lowest BCUT2D eigenvalue weighted by atomic mass is 9.93. The predicted molar refractivity (Wildman–Crippen MR) is 133 cm³/mol. The SMILES string of the molecule is Cc1cc2nc(N3CCOC(c4ccccc4)C3)sc2c(-c2ccc(Cl)cc2)c1CC(=O)O. The number of aromatic nitrogens is 1. The molecule has 0 saturated carbocycles. The van der Waals surface area contributed by atoms with Gasteiger partial charge in [0.2, 0.25) is 0 Å². The Labute approximate surface area is 201 Å². The number of fused-ring (bicyclic) bond motifs is 1. The fourth-order valence-electron chi connectivity index (χ4n) is 4.35. The minimum Gasteiger partial charge on any atom is -0.481 e. The van der Waals surface area contributed by atoms with Gasteiger partial charge in [-0.25, -0.2) is 4.98 Å². The first-order valence-electron chi connectivity index (χ1n) is 10.8. The van der Waals surface area contributed by atoms with Gasteiger partial charge in [-0.3, -0.25) is 4.79 Å². The molecule has 0 amide bonds. The number of carboxylic acid groups (broad SMARTS) is 1. The van der Waals surface area contributed by atoms with Crippen molar-refractivity contribution in [3.8, 4) is 11.1 Å². The predicted octanol–water partition coefficient (Wildman–Crippen LogP) is 6.13. The van der Waals surface area contributed by atoms with Crippen LogP contribution in [0.1, 0.15) is 22.8 Å². The van der Waals surface area contributed by atoms with E-state index < -0.39 is 5.97 Å². The molecule has 5 nitrogen and oxygen atoms in total. The highest BCUT2D eigenvalue weighted by atomic mass is 35.5. The summed E-state index contributed by atoms with van der Waals surface area (Å²) in [5, 5.41) is 11.1. The molecule has 0 bridgehead atoms. The molecule has 1 aliphatic heterocycles. The first-order valence-corrected chi connectivity index (χ1v) is 12.0. The van der Waals surface area contributed by atoms with E-state index >= 15 is 0 Å². The monoisotopic (exact) mass is 478 g/mol. The topological polar surface area (TPSA) is 62.7 Å². The first kappa shape index (κ1) is 21.9. The molecule has 4 aromatic rings. The van der Waals surface area contributed by atoms with Crippen LogP contribution in [0.5, 0.6) is 0 Å². The van der Waals surface area contributed by atoms with Gasteiger partial charge in [-0.15, -0.1) is 0 Å². The number of hydrogen-bond acceptors (Lipinski definition) is 5. The van der Waals surface area contributed by atoms with Gasteiger partial charge in [-0.05, 0) is 47.4 Å². The summed E-state index contributed by atoms with van der Waals surface area (Å²) in [5.74, 6) is -0.851. The number of nitrogens with zero attached hydrogens (tertiary/aromatic N) is 2. The van der Waals surface area contributed by atoms with E-state index in [1.54, 1.807) is 11.3 Å². The number of aryl methyl sites for hydroxylation is 1. The van der Waals surface area contributed by atoms with E-state index in [-0.39, 0.29) is 12.5 Å². The smallest absolute Gasteiger partial charge is 0.307 e. The number of rotatable bonds is 5. The first-order chi connectivity index (χ1) is 16.0. The van der Waals surface area contributed by atoms with Gasteiger partial charge in [0, 0.05) is 17.1 Å². The van der Waals surface area contributed by atoms with Crippen LogP contribution in [0, 0.1) is 6.92 Å². The van der Waals surface area contributed by atoms with Gasteiger partial charge in [0.1, 0.15) is 6.10 Å². The highest BCUT2D eigenvalue weighted by Gasteiger charge is 2.26. The molecule has 168 valence electrons. The second-order valence-corrected chi connectivity index (χ2v) is 9.60. The molecule has 0 radical (unpaired) electrons. The van der Waals surface area contributed by atoms with Crippen LogP contribution in [0.25, 0.3) is 21.3 Å². The van der Waals surface area contributed by atoms with Crippen molar-refractivity contribution in [1.29, 1.82) is 0 Å². The average molecular weight is 479 g/mol. The fraction of sp³-hybridized carbons (Fsp3) is 0.231. The number of carboxylic acids is 1. The molecule has 33 heavy (non-hydrogen) atoms. The van der Waals surface area contributed by atoms with E-state index in [1.165, 1.54) is 0 Å². The molecule has 0 spiro atoms. The second-order valence-electron chi connectivity index (χ2n) is 8.19. The molecular weight excluding hydrogens is 456 g/mol. The van der Waals surface area contributed by atoms with E-state index in [1.807, 2.05) is 55.5 Å². The van der Waals surface area contributed by atoms with E-state index in [9.17, 15) is 9.90 Å². The molecule has 1 fully saturated rings. The number of aliphatic carboxylic acids is 1. The van der Waals surface area contributed by atoms with Crippen LogP contribution < -0.4 is 4.90 Å². The molecule has 1 N–H and O–H groups in total. The second kappa shape index (κ2) is 9.14. The maximum absolute atomic E-state index is 11.7. The molecule has 1 atom stereocenters. The number of ether oxygens (including phenoxy) is 1. The summed E-state index contributed by atoms with van der Waals surface area (Å²) < 4.78 is 7.03. The van der Waals surface area contributed by atoms with Gasteiger partial charge in [0.05, 0.1) is 29.8 Å². The molecule has 0 aliphatic carbocycles. The standard InChI is InChI=1S/C26H23ClN2O3S/c1-16-13-21-25(24(20(16)14-23(30)31)18-7-9-19(27)10-8-18)33-26(28-21)29-11-12-32-22(15-29)17-5-3-2-4-6-17/h2-10,13,22H,11-12,14-15H2,1H3,(H,30,31). The molecule has 1 aromatic heterocycles. The molecule has 1 saturated heterocycles. The number of thiazole rings is 1. The van der Waals surface area contributed by atoms with Crippen LogP contribution in [0.3, 0.4) is 0 Å². The fourth-order valence-corrected chi connectivity index (χ4v) is 5.65. The summed E-state index contributed by atoms with van der Waals surface area (Å²) in [6.07, 6.45) is -0.0485. The van der Waals surface area contributed by atoms with Gasteiger partial charge in [0.15, 0.2) is 5.13 Å². The number of morpholine rings is 1. The van der Waals surface area contributed by atoms with Crippen LogP contribution in [-0.4, -0.2) is 35.8 Å². The Morgan fingerprint density at radius 3 is 2.70 bits per heavy atom. The average Bonchev–Trinajstić information content (AvgIpc) is 3.24. The Morgan fingerprint density at radius 1 is 1.21 bits per heavy atom. The molecular formula is C26H23ClN2O3S. The van der Waals surface area contributed by atoms with Gasteiger partial charge in [-0.2, -0.15) is 0 Å². The van der Waals surface area contributed by atoms with Crippen LogP contribution in [0.4, 0.5) is 5.13 Å². The van der Waals surface area contributed by atoms with E-state index in [4.69, 9.17) is 21.3 Å². The van der Waals surface area contributed by atoms with Crippen LogP contribution in [-0.2, 0) is 16.0 Å². The lowest BCUT2D eigenvalue weighted by Gasteiger charge is -2.32. The quantitative estimate of drug-likeness (QED) is 0.374. The van der Waals surface area contributed by atoms with Gasteiger partial charge >= 0.3 is 5.97 Å². The summed E-state index contributed by atoms with van der Waals surface area (Å²) in [6.45, 7) is 4.07. The molecule has 3 aromatic carbocycles.